The van der Waals surface area contributed by atoms with E-state index in [0.29, 0.717) is 16.9 Å². The molecule has 3 atom stereocenters. The summed E-state index contributed by atoms with van der Waals surface area (Å²) in [4.78, 5) is 0. The fraction of sp³-hybridized carbons (Fsp3) is 1.00. The number of ether oxygens (including phenoxy) is 1. The highest BCUT2D eigenvalue weighted by Gasteiger charge is 2.58. The highest BCUT2D eigenvalue weighted by atomic mass is 16.5. The fourth-order valence-corrected chi connectivity index (χ4v) is 4.51. The maximum Gasteiger partial charge on any atom is 0.0591 e. The van der Waals surface area contributed by atoms with Crippen LogP contribution in [0.25, 0.3) is 0 Å². The standard InChI is InChI=1S/C17H33NO/c1-13(2)7-10-19-11-9-18-15-16(3,4)14-6-8-17(15,5)12-14/h13-15,18H,6-12H2,1-5H3/t14-,15?,17+/m0/s1. The summed E-state index contributed by atoms with van der Waals surface area (Å²) in [5.41, 5.74) is 0.997. The third-order valence-corrected chi connectivity index (χ3v) is 5.70. The van der Waals surface area contributed by atoms with Crippen LogP contribution in [0.15, 0.2) is 0 Å². The summed E-state index contributed by atoms with van der Waals surface area (Å²) >= 11 is 0. The van der Waals surface area contributed by atoms with Crippen molar-refractivity contribution in [2.75, 3.05) is 19.8 Å². The Morgan fingerprint density at radius 3 is 2.53 bits per heavy atom. The van der Waals surface area contributed by atoms with Crippen LogP contribution in [0.2, 0.25) is 0 Å². The van der Waals surface area contributed by atoms with E-state index in [1.807, 2.05) is 0 Å². The molecule has 0 saturated heterocycles. The van der Waals surface area contributed by atoms with Gasteiger partial charge < -0.3 is 10.1 Å². The first-order chi connectivity index (χ1) is 8.86. The van der Waals surface area contributed by atoms with Gasteiger partial charge in [0.05, 0.1) is 6.61 Å². The summed E-state index contributed by atoms with van der Waals surface area (Å²) in [5, 5.41) is 3.81. The van der Waals surface area contributed by atoms with Crippen molar-refractivity contribution >= 4 is 0 Å². The van der Waals surface area contributed by atoms with Gasteiger partial charge in [-0.3, -0.25) is 0 Å². The number of fused-ring (bicyclic) bond motifs is 2. The molecule has 2 bridgehead atoms. The summed E-state index contributed by atoms with van der Waals surface area (Å²) in [5.74, 6) is 1.67. The number of hydrogen-bond donors (Lipinski definition) is 1. The minimum Gasteiger partial charge on any atom is -0.380 e. The van der Waals surface area contributed by atoms with E-state index in [1.54, 1.807) is 0 Å². The number of nitrogens with one attached hydrogen (secondary N) is 1. The minimum absolute atomic E-state index is 0.463. The van der Waals surface area contributed by atoms with Gasteiger partial charge >= 0.3 is 0 Å². The normalized spacial score (nSPS) is 36.3. The van der Waals surface area contributed by atoms with Crippen LogP contribution in [0.4, 0.5) is 0 Å². The predicted molar refractivity (Wildman–Crippen MR) is 81.3 cm³/mol. The molecule has 0 radical (unpaired) electrons. The maximum atomic E-state index is 5.72. The lowest BCUT2D eigenvalue weighted by Gasteiger charge is -2.43. The fourth-order valence-electron chi connectivity index (χ4n) is 4.51. The molecular weight excluding hydrogens is 234 g/mol. The van der Waals surface area contributed by atoms with Crippen LogP contribution in [-0.4, -0.2) is 25.8 Å². The first kappa shape index (κ1) is 15.3. The van der Waals surface area contributed by atoms with Crippen molar-refractivity contribution < 1.29 is 4.74 Å². The zero-order valence-corrected chi connectivity index (χ0v) is 13.6. The topological polar surface area (TPSA) is 21.3 Å². The van der Waals surface area contributed by atoms with Crippen molar-refractivity contribution in [3.63, 3.8) is 0 Å². The molecule has 19 heavy (non-hydrogen) atoms. The van der Waals surface area contributed by atoms with Crippen LogP contribution in [0, 0.1) is 22.7 Å². The van der Waals surface area contributed by atoms with Crippen LogP contribution >= 0.6 is 0 Å². The summed E-state index contributed by atoms with van der Waals surface area (Å²) in [6, 6.07) is 0.674. The van der Waals surface area contributed by atoms with E-state index in [-0.39, 0.29) is 0 Å². The van der Waals surface area contributed by atoms with Gasteiger partial charge in [-0.1, -0.05) is 34.6 Å². The number of rotatable bonds is 7. The first-order valence-electron chi connectivity index (χ1n) is 8.17. The molecule has 2 aliphatic carbocycles. The third-order valence-electron chi connectivity index (χ3n) is 5.70. The van der Waals surface area contributed by atoms with E-state index in [1.165, 1.54) is 25.7 Å². The lowest BCUT2D eigenvalue weighted by molar-refractivity contribution is 0.0847. The molecule has 1 unspecified atom stereocenters. The molecule has 2 saturated carbocycles. The SMILES string of the molecule is CC(C)CCOCCNC1C(C)(C)[C@H]2CC[C@]1(C)C2. The summed E-state index contributed by atoms with van der Waals surface area (Å²) < 4.78 is 5.72. The molecule has 2 fully saturated rings. The van der Waals surface area contributed by atoms with Crippen molar-refractivity contribution in [3.05, 3.63) is 0 Å². The second kappa shape index (κ2) is 5.73. The van der Waals surface area contributed by atoms with E-state index in [2.05, 4.69) is 39.9 Å². The average molecular weight is 267 g/mol. The van der Waals surface area contributed by atoms with Crippen molar-refractivity contribution in [2.24, 2.45) is 22.7 Å². The van der Waals surface area contributed by atoms with E-state index in [9.17, 15) is 0 Å². The molecule has 0 aromatic carbocycles. The van der Waals surface area contributed by atoms with E-state index in [4.69, 9.17) is 4.74 Å². The molecule has 2 heteroatoms. The molecule has 112 valence electrons. The van der Waals surface area contributed by atoms with Crippen LogP contribution < -0.4 is 5.32 Å². The largest absolute Gasteiger partial charge is 0.380 e. The Morgan fingerprint density at radius 2 is 1.95 bits per heavy atom. The van der Waals surface area contributed by atoms with Gasteiger partial charge in [0.15, 0.2) is 0 Å². The third kappa shape index (κ3) is 3.16. The molecule has 2 rings (SSSR count). The smallest absolute Gasteiger partial charge is 0.0591 e. The maximum absolute atomic E-state index is 5.72. The Labute approximate surface area is 119 Å². The minimum atomic E-state index is 0.463. The first-order valence-corrected chi connectivity index (χ1v) is 8.17. The van der Waals surface area contributed by atoms with Crippen molar-refractivity contribution in [1.29, 1.82) is 0 Å². The van der Waals surface area contributed by atoms with Gasteiger partial charge in [-0.15, -0.1) is 0 Å². The van der Waals surface area contributed by atoms with Gasteiger partial charge in [-0.2, -0.15) is 0 Å². The highest BCUT2D eigenvalue weighted by Crippen LogP contribution is 2.62. The van der Waals surface area contributed by atoms with Gasteiger partial charge in [0.1, 0.15) is 0 Å². The van der Waals surface area contributed by atoms with Gasteiger partial charge in [-0.25, -0.2) is 0 Å². The molecular formula is C17H33NO. The zero-order chi connectivity index (χ0) is 14.1. The Balaban J connectivity index is 1.71. The van der Waals surface area contributed by atoms with Crippen molar-refractivity contribution in [3.8, 4) is 0 Å². The molecule has 2 aliphatic rings. The van der Waals surface area contributed by atoms with Crippen LogP contribution in [-0.2, 0) is 4.74 Å². The molecule has 0 aliphatic heterocycles. The molecule has 0 aromatic heterocycles. The van der Waals surface area contributed by atoms with Gasteiger partial charge in [0, 0.05) is 19.2 Å². The zero-order valence-electron chi connectivity index (χ0n) is 13.6. The predicted octanol–water partition coefficient (Wildman–Crippen LogP) is 3.85. The molecule has 2 nitrogen and oxygen atoms in total. The molecule has 0 spiro atoms. The quantitative estimate of drug-likeness (QED) is 0.707. The average Bonchev–Trinajstić information content (AvgIpc) is 2.77. The van der Waals surface area contributed by atoms with Crippen LogP contribution in [0.1, 0.15) is 60.3 Å². The van der Waals surface area contributed by atoms with E-state index < -0.39 is 0 Å². The highest BCUT2D eigenvalue weighted by molar-refractivity contribution is 5.11. The summed E-state index contributed by atoms with van der Waals surface area (Å²) in [7, 11) is 0. The monoisotopic (exact) mass is 267 g/mol. The lowest BCUT2D eigenvalue weighted by Crippen LogP contribution is -2.51. The Bertz CT molecular complexity index is 295. The molecule has 0 amide bonds. The van der Waals surface area contributed by atoms with Crippen molar-refractivity contribution in [1.82, 2.24) is 5.32 Å². The van der Waals surface area contributed by atoms with Crippen LogP contribution in [0.3, 0.4) is 0 Å². The lowest BCUT2D eigenvalue weighted by atomic mass is 9.68. The summed E-state index contributed by atoms with van der Waals surface area (Å²) in [6.45, 7) is 14.7. The second-order valence-corrected chi connectivity index (χ2v) is 8.10. The van der Waals surface area contributed by atoms with Crippen LogP contribution in [0.5, 0.6) is 0 Å². The Kier molecular flexibility index (Phi) is 4.62. The van der Waals surface area contributed by atoms with E-state index in [0.717, 1.165) is 31.6 Å². The Hall–Kier alpha value is -0.0800. The summed E-state index contributed by atoms with van der Waals surface area (Å²) in [6.07, 6.45) is 5.44. The molecule has 0 aromatic rings. The van der Waals surface area contributed by atoms with E-state index >= 15 is 0 Å². The van der Waals surface area contributed by atoms with Gasteiger partial charge in [0.25, 0.3) is 0 Å². The number of hydrogen-bond acceptors (Lipinski definition) is 2. The van der Waals surface area contributed by atoms with Gasteiger partial charge in [0.2, 0.25) is 0 Å². The van der Waals surface area contributed by atoms with Gasteiger partial charge in [-0.05, 0) is 48.3 Å². The molecule has 0 heterocycles. The molecule has 1 N–H and O–H groups in total. The second-order valence-electron chi connectivity index (χ2n) is 8.10. The van der Waals surface area contributed by atoms with Crippen molar-refractivity contribution in [2.45, 2.75) is 66.3 Å². The Morgan fingerprint density at radius 1 is 1.21 bits per heavy atom.